The number of halogens is 2. The van der Waals surface area contributed by atoms with Crippen LogP contribution in [0, 0.1) is 5.82 Å². The highest BCUT2D eigenvalue weighted by Crippen LogP contribution is 2.25. The van der Waals surface area contributed by atoms with Gasteiger partial charge in [0.1, 0.15) is 5.82 Å². The van der Waals surface area contributed by atoms with E-state index in [1.54, 1.807) is 0 Å². The predicted molar refractivity (Wildman–Crippen MR) is 140 cm³/mol. The molecule has 1 aromatic heterocycles. The van der Waals surface area contributed by atoms with E-state index in [1.807, 2.05) is 23.0 Å². The van der Waals surface area contributed by atoms with E-state index >= 15 is 0 Å². The number of nitrogens with zero attached hydrogens (tertiary/aromatic N) is 4. The van der Waals surface area contributed by atoms with E-state index in [0.29, 0.717) is 17.6 Å². The molecule has 1 aliphatic heterocycles. The molecule has 0 unspecified atom stereocenters. The van der Waals surface area contributed by atoms with Crippen molar-refractivity contribution in [3.05, 3.63) is 82.4 Å². The van der Waals surface area contributed by atoms with Crippen molar-refractivity contribution < 1.29 is 9.18 Å². The summed E-state index contributed by atoms with van der Waals surface area (Å²) in [7, 11) is 2.14. The molecule has 0 radical (unpaired) electrons. The van der Waals surface area contributed by atoms with E-state index in [9.17, 15) is 9.18 Å². The number of aromatic nitrogens is 2. The van der Waals surface area contributed by atoms with Gasteiger partial charge in [0.05, 0.1) is 11.2 Å². The fourth-order valence-electron chi connectivity index (χ4n) is 4.70. The van der Waals surface area contributed by atoms with E-state index in [1.165, 1.54) is 23.8 Å². The molecule has 186 valence electrons. The number of benzene rings is 2. The number of hydrogen-bond donors (Lipinski definition) is 0. The Hall–Kier alpha value is -2.70. The standard InChI is InChI=1S/C28H34ClFN4O/c1-20(2)34-19-22(18-31-34)9-12-33-13-10-24(11-14-33)32(3)25-6-4-5-21(15-25)16-28(35)26-8-7-23(30)17-27(26)29/h4-8,15,17-20,24H,9-14,16H2,1-3H3. The van der Waals surface area contributed by atoms with Crippen LogP contribution in [0.1, 0.15) is 54.2 Å². The number of Topliss-reactive ketones (excluding diaryl/α,β-unsaturated/α-hetero) is 1. The Morgan fingerprint density at radius 3 is 2.63 bits per heavy atom. The van der Waals surface area contributed by atoms with Gasteiger partial charge in [0, 0.05) is 62.6 Å². The molecule has 1 aliphatic rings. The molecule has 1 fully saturated rings. The van der Waals surface area contributed by atoms with Crippen LogP contribution >= 0.6 is 11.6 Å². The summed E-state index contributed by atoms with van der Waals surface area (Å²) in [6.07, 6.45) is 7.63. The largest absolute Gasteiger partial charge is 0.372 e. The van der Waals surface area contributed by atoms with E-state index in [-0.39, 0.29) is 17.2 Å². The van der Waals surface area contributed by atoms with Gasteiger partial charge in [-0.3, -0.25) is 9.48 Å². The summed E-state index contributed by atoms with van der Waals surface area (Å²) in [6.45, 7) is 7.51. The number of anilines is 1. The SMILES string of the molecule is CC(C)n1cc(CCN2CCC(N(C)c3cccc(CC(=O)c4ccc(F)cc4Cl)c3)CC2)cn1. The Balaban J connectivity index is 1.30. The molecule has 0 aliphatic carbocycles. The van der Waals surface area contributed by atoms with Crippen molar-refractivity contribution in [2.45, 2.75) is 51.6 Å². The molecule has 0 atom stereocenters. The van der Waals surface area contributed by atoms with Gasteiger partial charge in [-0.1, -0.05) is 23.7 Å². The molecule has 7 heteroatoms. The molecule has 35 heavy (non-hydrogen) atoms. The summed E-state index contributed by atoms with van der Waals surface area (Å²) in [5.74, 6) is -0.550. The highest BCUT2D eigenvalue weighted by atomic mass is 35.5. The van der Waals surface area contributed by atoms with Crippen molar-refractivity contribution >= 4 is 23.1 Å². The highest BCUT2D eigenvalue weighted by Gasteiger charge is 2.23. The lowest BCUT2D eigenvalue weighted by molar-refractivity contribution is 0.0993. The molecule has 2 aromatic carbocycles. The van der Waals surface area contributed by atoms with Gasteiger partial charge in [-0.25, -0.2) is 4.39 Å². The van der Waals surface area contributed by atoms with Crippen LogP contribution in [0.3, 0.4) is 0 Å². The Morgan fingerprint density at radius 2 is 1.94 bits per heavy atom. The zero-order valence-corrected chi connectivity index (χ0v) is 21.5. The summed E-state index contributed by atoms with van der Waals surface area (Å²) in [5, 5.41) is 4.60. The molecule has 0 bridgehead atoms. The number of likely N-dealkylation sites (tertiary alicyclic amines) is 1. The van der Waals surface area contributed by atoms with E-state index in [0.717, 1.165) is 50.1 Å². The Labute approximate surface area is 212 Å². The maximum absolute atomic E-state index is 13.3. The summed E-state index contributed by atoms with van der Waals surface area (Å²) in [5.41, 5.74) is 3.70. The number of carbonyl (C=O) groups is 1. The van der Waals surface area contributed by atoms with Gasteiger partial charge >= 0.3 is 0 Å². The lowest BCUT2D eigenvalue weighted by Gasteiger charge is -2.38. The molecule has 4 rings (SSSR count). The normalized spacial score (nSPS) is 15.0. The van der Waals surface area contributed by atoms with Gasteiger partial charge < -0.3 is 9.80 Å². The van der Waals surface area contributed by atoms with Crippen LogP contribution in [0.15, 0.2) is 54.9 Å². The molecule has 0 N–H and O–H groups in total. The summed E-state index contributed by atoms with van der Waals surface area (Å²) >= 11 is 6.08. The minimum absolute atomic E-state index is 0.109. The maximum atomic E-state index is 13.3. The maximum Gasteiger partial charge on any atom is 0.168 e. The highest BCUT2D eigenvalue weighted by molar-refractivity contribution is 6.34. The smallest absolute Gasteiger partial charge is 0.168 e. The van der Waals surface area contributed by atoms with Crippen molar-refractivity contribution in [2.75, 3.05) is 31.6 Å². The Kier molecular flexibility index (Phi) is 8.24. The number of piperidine rings is 1. The minimum Gasteiger partial charge on any atom is -0.372 e. The first-order valence-electron chi connectivity index (χ1n) is 12.4. The van der Waals surface area contributed by atoms with Crippen LogP contribution in [0.4, 0.5) is 10.1 Å². The third-order valence-corrected chi connectivity index (χ3v) is 7.23. The quantitative estimate of drug-likeness (QED) is 0.350. The van der Waals surface area contributed by atoms with Crippen LogP contribution in [-0.2, 0) is 12.8 Å². The minimum atomic E-state index is -0.441. The van der Waals surface area contributed by atoms with Gasteiger partial charge in [-0.15, -0.1) is 0 Å². The van der Waals surface area contributed by atoms with E-state index < -0.39 is 5.82 Å². The topological polar surface area (TPSA) is 41.4 Å². The summed E-state index contributed by atoms with van der Waals surface area (Å²) in [4.78, 5) is 17.6. The van der Waals surface area contributed by atoms with Crippen LogP contribution in [0.2, 0.25) is 5.02 Å². The number of hydrogen-bond acceptors (Lipinski definition) is 4. The zero-order chi connectivity index (χ0) is 24.9. The first kappa shape index (κ1) is 25.4. The Bertz CT molecular complexity index is 1150. The van der Waals surface area contributed by atoms with Crippen molar-refractivity contribution in [3.63, 3.8) is 0 Å². The lowest BCUT2D eigenvalue weighted by atomic mass is 10.00. The van der Waals surface area contributed by atoms with Crippen LogP contribution in [0.25, 0.3) is 0 Å². The molecule has 0 saturated carbocycles. The van der Waals surface area contributed by atoms with Crippen molar-refractivity contribution in [1.29, 1.82) is 0 Å². The predicted octanol–water partition coefficient (Wildman–Crippen LogP) is 5.83. The third-order valence-electron chi connectivity index (χ3n) is 6.92. The second-order valence-electron chi connectivity index (χ2n) is 9.75. The van der Waals surface area contributed by atoms with Crippen molar-refractivity contribution in [1.82, 2.24) is 14.7 Å². The molecule has 3 aromatic rings. The second kappa shape index (κ2) is 11.4. The average Bonchev–Trinajstić information content (AvgIpc) is 3.32. The fraction of sp³-hybridized carbons (Fsp3) is 0.429. The number of rotatable bonds is 9. The van der Waals surface area contributed by atoms with Crippen LogP contribution in [-0.4, -0.2) is 53.2 Å². The van der Waals surface area contributed by atoms with Gasteiger partial charge in [0.15, 0.2) is 5.78 Å². The lowest BCUT2D eigenvalue weighted by Crippen LogP contribution is -2.44. The molecule has 0 amide bonds. The average molecular weight is 497 g/mol. The molecule has 2 heterocycles. The Morgan fingerprint density at radius 1 is 1.17 bits per heavy atom. The van der Waals surface area contributed by atoms with E-state index in [4.69, 9.17) is 11.6 Å². The van der Waals surface area contributed by atoms with Crippen LogP contribution < -0.4 is 4.90 Å². The molecule has 1 saturated heterocycles. The summed E-state index contributed by atoms with van der Waals surface area (Å²) < 4.78 is 15.3. The van der Waals surface area contributed by atoms with Crippen LogP contribution in [0.5, 0.6) is 0 Å². The van der Waals surface area contributed by atoms with Gasteiger partial charge in [-0.2, -0.15) is 5.10 Å². The first-order valence-corrected chi connectivity index (χ1v) is 12.7. The molecule has 5 nitrogen and oxygen atoms in total. The molecular formula is C28H34ClFN4O. The monoisotopic (exact) mass is 496 g/mol. The molecular weight excluding hydrogens is 463 g/mol. The fourth-order valence-corrected chi connectivity index (χ4v) is 4.97. The second-order valence-corrected chi connectivity index (χ2v) is 10.2. The van der Waals surface area contributed by atoms with Crippen molar-refractivity contribution in [3.8, 4) is 0 Å². The zero-order valence-electron chi connectivity index (χ0n) is 20.8. The number of carbonyl (C=O) groups excluding carboxylic acids is 1. The van der Waals surface area contributed by atoms with Gasteiger partial charge in [0.2, 0.25) is 0 Å². The third kappa shape index (κ3) is 6.50. The molecule has 0 spiro atoms. The van der Waals surface area contributed by atoms with Crippen molar-refractivity contribution in [2.24, 2.45) is 0 Å². The van der Waals surface area contributed by atoms with Gasteiger partial charge in [0.25, 0.3) is 0 Å². The first-order chi connectivity index (χ1) is 16.8. The van der Waals surface area contributed by atoms with Gasteiger partial charge in [-0.05, 0) is 74.6 Å². The number of ketones is 1. The van der Waals surface area contributed by atoms with E-state index in [2.05, 4.69) is 54.1 Å². The summed E-state index contributed by atoms with van der Waals surface area (Å²) in [6, 6.07) is 12.9.